The first kappa shape index (κ1) is 10.1. The summed E-state index contributed by atoms with van der Waals surface area (Å²) in [5.41, 5.74) is -0.536. The highest BCUT2D eigenvalue weighted by molar-refractivity contribution is 5.79. The quantitative estimate of drug-likeness (QED) is 0.674. The summed E-state index contributed by atoms with van der Waals surface area (Å²) >= 11 is 0. The van der Waals surface area contributed by atoms with Crippen LogP contribution in [0.2, 0.25) is 0 Å². The van der Waals surface area contributed by atoms with E-state index >= 15 is 0 Å². The van der Waals surface area contributed by atoms with Crippen molar-refractivity contribution in [1.82, 2.24) is 0 Å². The third kappa shape index (κ3) is 1.33. The Labute approximate surface area is 79.3 Å². The van der Waals surface area contributed by atoms with Crippen LogP contribution < -0.4 is 0 Å². The summed E-state index contributed by atoms with van der Waals surface area (Å²) in [5.74, 6) is 2.37. The highest BCUT2D eigenvalue weighted by Crippen LogP contribution is 2.61. The third-order valence-corrected chi connectivity index (χ3v) is 3.35. The molecule has 0 radical (unpaired) electrons. The number of hydrogen-bond donors (Lipinski definition) is 1. The van der Waals surface area contributed by atoms with Crippen LogP contribution in [0, 0.1) is 35.5 Å². The molecule has 0 aromatic rings. The van der Waals surface area contributed by atoms with Crippen molar-refractivity contribution in [3.63, 3.8) is 0 Å². The van der Waals surface area contributed by atoms with Gasteiger partial charge in [-0.1, -0.05) is 20.8 Å². The zero-order valence-corrected chi connectivity index (χ0v) is 8.37. The van der Waals surface area contributed by atoms with Gasteiger partial charge in [0.05, 0.1) is 5.41 Å². The van der Waals surface area contributed by atoms with Gasteiger partial charge in [0.15, 0.2) is 0 Å². The molecular weight excluding hydrogens is 164 g/mol. The van der Waals surface area contributed by atoms with Crippen LogP contribution in [-0.2, 0) is 4.79 Å². The molecule has 0 amide bonds. The first-order valence-electron chi connectivity index (χ1n) is 4.66. The molecule has 1 aliphatic carbocycles. The first-order chi connectivity index (χ1) is 5.96. The molecule has 0 aromatic heterocycles. The largest absolute Gasteiger partial charge is 0.481 e. The number of aliphatic carboxylic acids is 1. The van der Waals surface area contributed by atoms with E-state index in [4.69, 9.17) is 11.5 Å². The van der Waals surface area contributed by atoms with Crippen molar-refractivity contribution >= 4 is 5.97 Å². The van der Waals surface area contributed by atoms with E-state index in [1.807, 2.05) is 20.8 Å². The van der Waals surface area contributed by atoms with Gasteiger partial charge in [0, 0.05) is 5.92 Å². The zero-order chi connectivity index (χ0) is 10.2. The minimum absolute atomic E-state index is 0.0819. The predicted molar refractivity (Wildman–Crippen MR) is 51.0 cm³/mol. The maximum absolute atomic E-state index is 11.1. The van der Waals surface area contributed by atoms with Crippen molar-refractivity contribution < 1.29 is 9.90 Å². The fourth-order valence-corrected chi connectivity index (χ4v) is 2.20. The van der Waals surface area contributed by atoms with Gasteiger partial charge in [0.2, 0.25) is 0 Å². The minimum Gasteiger partial charge on any atom is -0.481 e. The summed E-state index contributed by atoms with van der Waals surface area (Å²) < 4.78 is 0. The molecule has 0 unspecified atom stereocenters. The number of rotatable bonds is 3. The monoisotopic (exact) mass is 180 g/mol. The van der Waals surface area contributed by atoms with Crippen LogP contribution in [0.4, 0.5) is 0 Å². The van der Waals surface area contributed by atoms with Crippen molar-refractivity contribution in [1.29, 1.82) is 0 Å². The molecular formula is C11H16O2. The normalized spacial score (nSPS) is 33.9. The molecule has 1 fully saturated rings. The molecule has 72 valence electrons. The number of carboxylic acid groups (broad SMARTS) is 1. The molecule has 0 aliphatic heterocycles. The van der Waals surface area contributed by atoms with Crippen LogP contribution in [0.25, 0.3) is 0 Å². The second-order valence-electron chi connectivity index (χ2n) is 4.27. The predicted octanol–water partition coefficient (Wildman–Crippen LogP) is 2.00. The maximum Gasteiger partial charge on any atom is 0.310 e. The molecule has 1 rings (SSSR count). The van der Waals surface area contributed by atoms with E-state index in [0.717, 1.165) is 6.42 Å². The molecule has 0 heterocycles. The highest BCUT2D eigenvalue weighted by Gasteiger charge is 2.63. The Hall–Kier alpha value is -0.970. The maximum atomic E-state index is 11.1. The molecule has 2 nitrogen and oxygen atoms in total. The van der Waals surface area contributed by atoms with Crippen molar-refractivity contribution in [2.24, 2.45) is 23.2 Å². The Morgan fingerprint density at radius 2 is 2.15 bits per heavy atom. The molecule has 13 heavy (non-hydrogen) atoms. The van der Waals surface area contributed by atoms with E-state index in [1.54, 1.807) is 0 Å². The first-order valence-corrected chi connectivity index (χ1v) is 4.66. The Balaban J connectivity index is 2.80. The molecule has 3 atom stereocenters. The average Bonchev–Trinajstić information content (AvgIpc) is 2.78. The average molecular weight is 180 g/mol. The number of terminal acetylenes is 1. The summed E-state index contributed by atoms with van der Waals surface area (Å²) in [7, 11) is 0. The van der Waals surface area contributed by atoms with Gasteiger partial charge >= 0.3 is 5.97 Å². The van der Waals surface area contributed by atoms with Gasteiger partial charge in [-0.15, -0.1) is 12.3 Å². The van der Waals surface area contributed by atoms with Crippen LogP contribution in [-0.4, -0.2) is 11.1 Å². The smallest absolute Gasteiger partial charge is 0.310 e. The van der Waals surface area contributed by atoms with E-state index in [2.05, 4.69) is 5.92 Å². The number of carbonyl (C=O) groups is 1. The Morgan fingerprint density at radius 1 is 1.62 bits per heavy atom. The topological polar surface area (TPSA) is 37.3 Å². The van der Waals surface area contributed by atoms with Crippen LogP contribution in [0.15, 0.2) is 0 Å². The van der Waals surface area contributed by atoms with Gasteiger partial charge in [0.1, 0.15) is 0 Å². The summed E-state index contributed by atoms with van der Waals surface area (Å²) in [4.78, 5) is 11.1. The van der Waals surface area contributed by atoms with E-state index in [1.165, 1.54) is 0 Å². The van der Waals surface area contributed by atoms with Crippen LogP contribution in [0.3, 0.4) is 0 Å². The zero-order valence-electron chi connectivity index (χ0n) is 8.37. The van der Waals surface area contributed by atoms with Gasteiger partial charge in [-0.05, 0) is 18.3 Å². The minimum atomic E-state index is -0.686. The summed E-state index contributed by atoms with van der Waals surface area (Å²) in [5, 5.41) is 9.12. The van der Waals surface area contributed by atoms with Crippen LogP contribution in [0.1, 0.15) is 27.2 Å². The van der Waals surface area contributed by atoms with Crippen LogP contribution in [0.5, 0.6) is 0 Å². The van der Waals surface area contributed by atoms with Gasteiger partial charge in [-0.2, -0.15) is 0 Å². The fourth-order valence-electron chi connectivity index (χ4n) is 2.20. The fraction of sp³-hybridized carbons (Fsp3) is 0.727. The lowest BCUT2D eigenvalue weighted by Crippen LogP contribution is -2.25. The molecule has 0 aromatic carbocycles. The number of hydrogen-bond acceptors (Lipinski definition) is 1. The molecule has 1 N–H and O–H groups in total. The summed E-state index contributed by atoms with van der Waals surface area (Å²) in [6.45, 7) is 5.84. The van der Waals surface area contributed by atoms with Crippen molar-refractivity contribution in [2.75, 3.05) is 0 Å². The number of carboxylic acids is 1. The van der Waals surface area contributed by atoms with Gasteiger partial charge in [0.25, 0.3) is 0 Å². The molecule has 2 heteroatoms. The van der Waals surface area contributed by atoms with Crippen molar-refractivity contribution in [2.45, 2.75) is 27.2 Å². The SMILES string of the molecule is C#C[C@H](C)[C@H]1C[C@]1(C(=O)O)C(C)C. The lowest BCUT2D eigenvalue weighted by Gasteiger charge is -2.17. The second kappa shape index (κ2) is 3.06. The van der Waals surface area contributed by atoms with E-state index in [0.29, 0.717) is 0 Å². The van der Waals surface area contributed by atoms with Gasteiger partial charge in [-0.25, -0.2) is 0 Å². The standard InChI is InChI=1S/C11H16O2/c1-5-8(4)9-6-11(9,7(2)3)10(12)13/h1,7-9H,6H2,2-4H3,(H,12,13)/t8-,9+,11-/m0/s1. The molecule has 1 saturated carbocycles. The molecule has 0 spiro atoms. The lowest BCUT2D eigenvalue weighted by molar-refractivity contribution is -0.146. The second-order valence-corrected chi connectivity index (χ2v) is 4.27. The Bertz CT molecular complexity index is 262. The Morgan fingerprint density at radius 3 is 2.38 bits per heavy atom. The van der Waals surface area contributed by atoms with Crippen molar-refractivity contribution in [3.8, 4) is 12.3 Å². The third-order valence-electron chi connectivity index (χ3n) is 3.35. The lowest BCUT2D eigenvalue weighted by atomic mass is 9.86. The van der Waals surface area contributed by atoms with Gasteiger partial charge in [-0.3, -0.25) is 4.79 Å². The molecule has 1 aliphatic rings. The van der Waals surface area contributed by atoms with Gasteiger partial charge < -0.3 is 5.11 Å². The molecule has 0 saturated heterocycles. The van der Waals surface area contributed by atoms with Crippen molar-refractivity contribution in [3.05, 3.63) is 0 Å². The summed E-state index contributed by atoms with van der Waals surface area (Å²) in [6.07, 6.45) is 6.03. The van der Waals surface area contributed by atoms with Crippen LogP contribution >= 0.6 is 0 Å². The van der Waals surface area contributed by atoms with E-state index in [-0.39, 0.29) is 17.8 Å². The highest BCUT2D eigenvalue weighted by atomic mass is 16.4. The molecule has 0 bridgehead atoms. The van der Waals surface area contributed by atoms with E-state index in [9.17, 15) is 4.79 Å². The Kier molecular flexibility index (Phi) is 2.38. The summed E-state index contributed by atoms with van der Waals surface area (Å²) in [6, 6.07) is 0. The van der Waals surface area contributed by atoms with E-state index < -0.39 is 11.4 Å².